The minimum Gasteiger partial charge on any atom is -0.317 e. The molecule has 3 heterocycles. The third-order valence-electron chi connectivity index (χ3n) is 6.25. The molecular formula is C28H21N5OS. The Morgan fingerprint density at radius 3 is 2.51 bits per heavy atom. The molecule has 4 aromatic rings. The molecule has 0 atom stereocenters. The fourth-order valence-electron chi connectivity index (χ4n) is 4.55. The van der Waals surface area contributed by atoms with E-state index in [0.717, 1.165) is 38.6 Å². The first kappa shape index (κ1) is 21.3. The minimum atomic E-state index is -0.423. The van der Waals surface area contributed by atoms with Gasteiger partial charge in [0, 0.05) is 22.3 Å². The average Bonchev–Trinajstić information content (AvgIpc) is 3.42. The van der Waals surface area contributed by atoms with E-state index in [2.05, 4.69) is 51.9 Å². The van der Waals surface area contributed by atoms with Gasteiger partial charge in [-0.3, -0.25) is 10.2 Å². The Kier molecular flexibility index (Phi) is 5.00. The molecular weight excluding hydrogens is 454 g/mol. The maximum absolute atomic E-state index is 12.9. The number of carbonyl (C=O) groups is 1. The summed E-state index contributed by atoms with van der Waals surface area (Å²) in [5.41, 5.74) is 5.16. The molecule has 0 radical (unpaired) electrons. The van der Waals surface area contributed by atoms with Crippen LogP contribution in [-0.2, 0) is 4.79 Å². The van der Waals surface area contributed by atoms with E-state index < -0.39 is 5.91 Å². The van der Waals surface area contributed by atoms with Gasteiger partial charge in [-0.05, 0) is 54.8 Å². The Hall–Kier alpha value is -4.23. The van der Waals surface area contributed by atoms with Crippen LogP contribution in [0.2, 0.25) is 0 Å². The van der Waals surface area contributed by atoms with Crippen LogP contribution in [0.4, 0.5) is 0 Å². The Bertz CT molecular complexity index is 1620. The van der Waals surface area contributed by atoms with Crippen LogP contribution in [0.3, 0.4) is 0 Å². The maximum Gasteiger partial charge on any atom is 0.283 e. The fourth-order valence-corrected chi connectivity index (χ4v) is 5.45. The molecule has 3 aromatic carbocycles. The van der Waals surface area contributed by atoms with Gasteiger partial charge in [0.15, 0.2) is 5.84 Å². The minimum absolute atomic E-state index is 0.0356. The SMILES string of the molecule is Cc1cc(/C=C2\C(=N)N3N=C(c4ccccc4)SC3=NC2=O)c(C)n1-c1cccc2ccccc12. The normalized spacial score (nSPS) is 16.6. The van der Waals surface area contributed by atoms with Crippen molar-refractivity contribution in [3.8, 4) is 5.69 Å². The number of benzene rings is 3. The van der Waals surface area contributed by atoms with Crippen molar-refractivity contribution in [1.82, 2.24) is 9.58 Å². The van der Waals surface area contributed by atoms with E-state index in [0.29, 0.717) is 5.17 Å². The summed E-state index contributed by atoms with van der Waals surface area (Å²) in [6.45, 7) is 4.08. The number of nitrogens with one attached hydrogen (secondary N) is 1. The molecule has 35 heavy (non-hydrogen) atoms. The number of amides is 1. The van der Waals surface area contributed by atoms with Crippen LogP contribution in [0.25, 0.3) is 22.5 Å². The summed E-state index contributed by atoms with van der Waals surface area (Å²) >= 11 is 1.30. The molecule has 1 N–H and O–H groups in total. The largest absolute Gasteiger partial charge is 0.317 e. The Morgan fingerprint density at radius 2 is 1.69 bits per heavy atom. The lowest BCUT2D eigenvalue weighted by molar-refractivity contribution is -0.114. The molecule has 1 amide bonds. The van der Waals surface area contributed by atoms with Crippen molar-refractivity contribution in [3.05, 3.63) is 107 Å². The van der Waals surface area contributed by atoms with Gasteiger partial charge in [0.1, 0.15) is 5.04 Å². The fraction of sp³-hybridized carbons (Fsp3) is 0.0714. The van der Waals surface area contributed by atoms with Crippen molar-refractivity contribution in [2.45, 2.75) is 13.8 Å². The Labute approximate surface area is 206 Å². The van der Waals surface area contributed by atoms with Crippen LogP contribution >= 0.6 is 11.8 Å². The number of aromatic nitrogens is 1. The van der Waals surface area contributed by atoms with Crippen LogP contribution in [0.15, 0.2) is 94.5 Å². The molecule has 0 saturated carbocycles. The lowest BCUT2D eigenvalue weighted by Gasteiger charge is -2.20. The average molecular weight is 476 g/mol. The van der Waals surface area contributed by atoms with Gasteiger partial charge >= 0.3 is 0 Å². The molecule has 170 valence electrons. The van der Waals surface area contributed by atoms with Crippen LogP contribution in [0.1, 0.15) is 22.5 Å². The summed E-state index contributed by atoms with van der Waals surface area (Å²) in [6, 6.07) is 26.3. The van der Waals surface area contributed by atoms with Crippen molar-refractivity contribution in [1.29, 1.82) is 5.41 Å². The lowest BCUT2D eigenvalue weighted by atomic mass is 10.1. The smallest absolute Gasteiger partial charge is 0.283 e. The van der Waals surface area contributed by atoms with Crippen LogP contribution in [0.5, 0.6) is 0 Å². The molecule has 0 fully saturated rings. The van der Waals surface area contributed by atoms with Gasteiger partial charge in [0.25, 0.3) is 5.91 Å². The maximum atomic E-state index is 12.9. The Balaban J connectivity index is 1.40. The number of nitrogens with zero attached hydrogens (tertiary/aromatic N) is 4. The van der Waals surface area contributed by atoms with E-state index in [1.54, 1.807) is 6.08 Å². The third kappa shape index (κ3) is 3.52. The number of aryl methyl sites for hydroxylation is 1. The predicted molar refractivity (Wildman–Crippen MR) is 143 cm³/mol. The molecule has 0 spiro atoms. The zero-order chi connectivity index (χ0) is 24.1. The summed E-state index contributed by atoms with van der Waals surface area (Å²) in [5.74, 6) is -0.387. The molecule has 1 aromatic heterocycles. The number of amidine groups is 2. The molecule has 2 aliphatic rings. The van der Waals surface area contributed by atoms with Gasteiger partial charge < -0.3 is 4.57 Å². The molecule has 0 saturated heterocycles. The van der Waals surface area contributed by atoms with Crippen LogP contribution in [0, 0.1) is 19.3 Å². The number of aliphatic imine (C=N–C) groups is 1. The van der Waals surface area contributed by atoms with Gasteiger partial charge in [-0.25, -0.2) is 0 Å². The second kappa shape index (κ2) is 8.21. The Morgan fingerprint density at radius 1 is 0.943 bits per heavy atom. The first-order chi connectivity index (χ1) is 17.0. The molecule has 6 rings (SSSR count). The highest BCUT2D eigenvalue weighted by Crippen LogP contribution is 2.32. The number of fused-ring (bicyclic) bond motifs is 2. The van der Waals surface area contributed by atoms with E-state index in [4.69, 9.17) is 5.41 Å². The highest BCUT2D eigenvalue weighted by Gasteiger charge is 2.36. The van der Waals surface area contributed by atoms with Crippen molar-refractivity contribution in [2.75, 3.05) is 0 Å². The number of hydrogen-bond donors (Lipinski definition) is 1. The zero-order valence-corrected chi connectivity index (χ0v) is 20.0. The van der Waals surface area contributed by atoms with Gasteiger partial charge in [-0.15, -0.1) is 0 Å². The summed E-state index contributed by atoms with van der Waals surface area (Å²) in [6.07, 6.45) is 1.76. The van der Waals surface area contributed by atoms with E-state index in [1.165, 1.54) is 22.2 Å². The standard InChI is InChI=1S/C28H21N5OS/c1-17-15-21(18(2)32(17)24-14-8-12-19-9-6-7-13-22(19)24)16-23-25(29)33-28(30-26(23)34)35-27(31-33)20-10-4-3-5-11-20/h3-16,29H,1-2H3/b23-16+,29-25?. The van der Waals surface area contributed by atoms with Gasteiger partial charge in [-0.1, -0.05) is 66.7 Å². The molecule has 0 aliphatic carbocycles. The lowest BCUT2D eigenvalue weighted by Crippen LogP contribution is -2.35. The molecule has 0 bridgehead atoms. The number of thioether (sulfide) groups is 1. The second-order valence-electron chi connectivity index (χ2n) is 8.45. The monoisotopic (exact) mass is 475 g/mol. The van der Waals surface area contributed by atoms with Crippen molar-refractivity contribution in [3.63, 3.8) is 0 Å². The van der Waals surface area contributed by atoms with Crippen molar-refractivity contribution in [2.24, 2.45) is 10.1 Å². The third-order valence-corrected chi connectivity index (χ3v) is 7.21. The van der Waals surface area contributed by atoms with Gasteiger partial charge in [0.2, 0.25) is 5.17 Å². The first-order valence-electron chi connectivity index (χ1n) is 11.2. The second-order valence-corrected chi connectivity index (χ2v) is 9.41. The number of rotatable bonds is 3. The van der Waals surface area contributed by atoms with Crippen molar-refractivity contribution >= 4 is 50.6 Å². The van der Waals surface area contributed by atoms with E-state index in [1.807, 2.05) is 55.5 Å². The van der Waals surface area contributed by atoms with Gasteiger partial charge in [0.05, 0.1) is 11.3 Å². The summed E-state index contributed by atoms with van der Waals surface area (Å²) in [5, 5.41) is 18.2. The number of hydrazone groups is 1. The van der Waals surface area contributed by atoms with E-state index >= 15 is 0 Å². The molecule has 0 unspecified atom stereocenters. The summed E-state index contributed by atoms with van der Waals surface area (Å²) in [7, 11) is 0. The van der Waals surface area contributed by atoms with Crippen LogP contribution < -0.4 is 0 Å². The number of carbonyl (C=O) groups excluding carboxylic acids is 1. The highest BCUT2D eigenvalue weighted by molar-refractivity contribution is 8.27. The predicted octanol–water partition coefficient (Wildman–Crippen LogP) is 5.91. The van der Waals surface area contributed by atoms with E-state index in [-0.39, 0.29) is 11.4 Å². The highest BCUT2D eigenvalue weighted by atomic mass is 32.2. The van der Waals surface area contributed by atoms with Crippen molar-refractivity contribution < 1.29 is 4.79 Å². The quantitative estimate of drug-likeness (QED) is 0.374. The topological polar surface area (TPSA) is 73.8 Å². The molecule has 2 aliphatic heterocycles. The number of hydrogen-bond acceptors (Lipinski definition) is 4. The van der Waals surface area contributed by atoms with Gasteiger partial charge in [-0.2, -0.15) is 15.1 Å². The van der Waals surface area contributed by atoms with E-state index in [9.17, 15) is 4.79 Å². The van der Waals surface area contributed by atoms with Crippen LogP contribution in [-0.4, -0.2) is 31.5 Å². The summed E-state index contributed by atoms with van der Waals surface area (Å²) < 4.78 is 2.19. The molecule has 6 nitrogen and oxygen atoms in total. The first-order valence-corrected chi connectivity index (χ1v) is 12.1. The zero-order valence-electron chi connectivity index (χ0n) is 19.2. The molecule has 7 heteroatoms. The summed E-state index contributed by atoms with van der Waals surface area (Å²) in [4.78, 5) is 17.2.